The molecule has 2 aromatic rings. The molecule has 24 heavy (non-hydrogen) atoms. The molecule has 0 fully saturated rings. The predicted molar refractivity (Wildman–Crippen MR) is 94.4 cm³/mol. The van der Waals surface area contributed by atoms with Crippen molar-refractivity contribution in [2.45, 2.75) is 4.90 Å². The standard InChI is InChI=1S/C16H17FN2O3S2/c1-18-16(20)14-4-2-3-5-15(14)19-24(21,22)11-10-23-13-8-6-12(17)7-9-13/h2-9,19H,10-11H2,1H3,(H,18,20). The number of carbonyl (C=O) groups is 1. The number of anilines is 1. The molecule has 0 heterocycles. The van der Waals surface area contributed by atoms with Gasteiger partial charge in [0.2, 0.25) is 10.0 Å². The minimum absolute atomic E-state index is 0.128. The van der Waals surface area contributed by atoms with Gasteiger partial charge in [-0.1, -0.05) is 12.1 Å². The minimum atomic E-state index is -3.60. The van der Waals surface area contributed by atoms with Crippen molar-refractivity contribution in [1.82, 2.24) is 5.32 Å². The average molecular weight is 368 g/mol. The highest BCUT2D eigenvalue weighted by Crippen LogP contribution is 2.20. The second-order valence-corrected chi connectivity index (χ2v) is 7.86. The van der Waals surface area contributed by atoms with Crippen LogP contribution >= 0.6 is 11.8 Å². The Morgan fingerprint density at radius 1 is 1.12 bits per heavy atom. The van der Waals surface area contributed by atoms with Gasteiger partial charge in [0.05, 0.1) is 17.0 Å². The van der Waals surface area contributed by atoms with Gasteiger partial charge in [-0.25, -0.2) is 12.8 Å². The van der Waals surface area contributed by atoms with Gasteiger partial charge in [-0.2, -0.15) is 0 Å². The van der Waals surface area contributed by atoms with Gasteiger partial charge < -0.3 is 5.32 Å². The van der Waals surface area contributed by atoms with E-state index in [1.807, 2.05) is 0 Å². The molecule has 0 saturated heterocycles. The van der Waals surface area contributed by atoms with Gasteiger partial charge in [0, 0.05) is 17.7 Å². The maximum atomic E-state index is 12.8. The van der Waals surface area contributed by atoms with Crippen molar-refractivity contribution >= 4 is 33.4 Å². The summed E-state index contributed by atoms with van der Waals surface area (Å²) in [5.74, 6) is -0.520. The first kappa shape index (κ1) is 18.3. The molecule has 128 valence electrons. The highest BCUT2D eigenvalue weighted by atomic mass is 32.2. The maximum Gasteiger partial charge on any atom is 0.253 e. The van der Waals surface area contributed by atoms with Crippen LogP contribution in [0.25, 0.3) is 0 Å². The van der Waals surface area contributed by atoms with Gasteiger partial charge in [0.1, 0.15) is 5.82 Å². The molecule has 0 bridgehead atoms. The zero-order chi connectivity index (χ0) is 17.6. The van der Waals surface area contributed by atoms with Gasteiger partial charge in [0.25, 0.3) is 5.91 Å². The van der Waals surface area contributed by atoms with E-state index in [2.05, 4.69) is 10.0 Å². The second-order valence-electron chi connectivity index (χ2n) is 4.85. The summed E-state index contributed by atoms with van der Waals surface area (Å²) in [5, 5.41) is 2.47. The van der Waals surface area contributed by atoms with Gasteiger partial charge in [-0.3, -0.25) is 9.52 Å². The van der Waals surface area contributed by atoms with Gasteiger partial charge >= 0.3 is 0 Å². The van der Waals surface area contributed by atoms with Crippen molar-refractivity contribution in [3.63, 3.8) is 0 Å². The van der Waals surface area contributed by atoms with E-state index in [1.165, 1.54) is 37.0 Å². The minimum Gasteiger partial charge on any atom is -0.355 e. The van der Waals surface area contributed by atoms with Crippen molar-refractivity contribution in [3.05, 3.63) is 59.9 Å². The summed E-state index contributed by atoms with van der Waals surface area (Å²) in [6.07, 6.45) is 0. The summed E-state index contributed by atoms with van der Waals surface area (Å²) >= 11 is 1.32. The molecule has 0 atom stereocenters. The third-order valence-electron chi connectivity index (χ3n) is 3.10. The molecular weight excluding hydrogens is 351 g/mol. The molecule has 0 aliphatic heterocycles. The molecule has 0 aliphatic rings. The summed E-state index contributed by atoms with van der Waals surface area (Å²) in [6.45, 7) is 0. The molecule has 1 amide bonds. The molecule has 0 radical (unpaired) electrons. The van der Waals surface area contributed by atoms with E-state index >= 15 is 0 Å². The summed E-state index contributed by atoms with van der Waals surface area (Å²) in [5.41, 5.74) is 0.499. The van der Waals surface area contributed by atoms with Crippen LogP contribution in [0.2, 0.25) is 0 Å². The van der Waals surface area contributed by atoms with E-state index < -0.39 is 10.0 Å². The second kappa shape index (κ2) is 8.16. The number of rotatable bonds is 7. The molecule has 0 spiro atoms. The van der Waals surface area contributed by atoms with E-state index in [9.17, 15) is 17.6 Å². The topological polar surface area (TPSA) is 75.3 Å². The van der Waals surface area contributed by atoms with Crippen LogP contribution in [-0.4, -0.2) is 32.9 Å². The molecule has 2 rings (SSSR count). The largest absolute Gasteiger partial charge is 0.355 e. The van der Waals surface area contributed by atoms with Crippen molar-refractivity contribution in [2.75, 3.05) is 23.3 Å². The Morgan fingerprint density at radius 3 is 2.46 bits per heavy atom. The number of halogens is 1. The van der Waals surface area contributed by atoms with Crippen LogP contribution in [0, 0.1) is 5.82 Å². The van der Waals surface area contributed by atoms with E-state index in [4.69, 9.17) is 0 Å². The zero-order valence-corrected chi connectivity index (χ0v) is 14.6. The van der Waals surface area contributed by atoms with Crippen molar-refractivity contribution in [1.29, 1.82) is 0 Å². The monoisotopic (exact) mass is 368 g/mol. The van der Waals surface area contributed by atoms with Crippen molar-refractivity contribution < 1.29 is 17.6 Å². The van der Waals surface area contributed by atoms with Crippen LogP contribution in [0.3, 0.4) is 0 Å². The number of thioether (sulfide) groups is 1. The quantitative estimate of drug-likeness (QED) is 0.737. The number of nitrogens with one attached hydrogen (secondary N) is 2. The SMILES string of the molecule is CNC(=O)c1ccccc1NS(=O)(=O)CCSc1ccc(F)cc1. The Balaban J connectivity index is 1.99. The predicted octanol–water partition coefficient (Wildman–Crippen LogP) is 2.72. The molecule has 0 saturated carbocycles. The maximum absolute atomic E-state index is 12.8. The Kier molecular flexibility index (Phi) is 6.22. The lowest BCUT2D eigenvalue weighted by atomic mass is 10.2. The zero-order valence-electron chi connectivity index (χ0n) is 13.0. The van der Waals surface area contributed by atoms with Crippen molar-refractivity contribution in [3.8, 4) is 0 Å². The fraction of sp³-hybridized carbons (Fsp3) is 0.188. The molecule has 2 N–H and O–H groups in total. The lowest BCUT2D eigenvalue weighted by Crippen LogP contribution is -2.23. The number of sulfonamides is 1. The number of para-hydroxylation sites is 1. The van der Waals surface area contributed by atoms with Crippen LogP contribution in [0.15, 0.2) is 53.4 Å². The van der Waals surface area contributed by atoms with E-state index in [-0.39, 0.29) is 28.7 Å². The lowest BCUT2D eigenvalue weighted by Gasteiger charge is -2.11. The van der Waals surface area contributed by atoms with Gasteiger partial charge in [0.15, 0.2) is 0 Å². The molecular formula is C16H17FN2O3S2. The Bertz CT molecular complexity index is 808. The van der Waals surface area contributed by atoms with Gasteiger partial charge in [-0.15, -0.1) is 11.8 Å². The molecule has 0 unspecified atom stereocenters. The first-order valence-corrected chi connectivity index (χ1v) is 9.75. The van der Waals surface area contributed by atoms with Crippen LogP contribution in [0.5, 0.6) is 0 Å². The Morgan fingerprint density at radius 2 is 1.79 bits per heavy atom. The first-order valence-electron chi connectivity index (χ1n) is 7.11. The van der Waals surface area contributed by atoms with Crippen LogP contribution in [-0.2, 0) is 10.0 Å². The number of amides is 1. The van der Waals surface area contributed by atoms with E-state index in [1.54, 1.807) is 30.3 Å². The Labute approximate surface area is 144 Å². The number of hydrogen-bond donors (Lipinski definition) is 2. The van der Waals surface area contributed by atoms with E-state index in [0.717, 1.165) is 4.90 Å². The fourth-order valence-corrected chi connectivity index (χ4v) is 4.31. The van der Waals surface area contributed by atoms with Gasteiger partial charge in [-0.05, 0) is 36.4 Å². The molecule has 8 heteroatoms. The molecule has 0 aliphatic carbocycles. The first-order chi connectivity index (χ1) is 11.4. The number of benzene rings is 2. The summed E-state index contributed by atoms with van der Waals surface area (Å²) in [4.78, 5) is 12.6. The van der Waals surface area contributed by atoms with E-state index in [0.29, 0.717) is 5.75 Å². The number of carbonyl (C=O) groups excluding carboxylic acids is 1. The van der Waals surface area contributed by atoms with Crippen LogP contribution in [0.4, 0.5) is 10.1 Å². The Hall–Kier alpha value is -2.06. The molecule has 5 nitrogen and oxygen atoms in total. The fourth-order valence-electron chi connectivity index (χ4n) is 1.92. The number of hydrogen-bond acceptors (Lipinski definition) is 4. The molecule has 0 aromatic heterocycles. The summed E-state index contributed by atoms with van der Waals surface area (Å²) in [6, 6.07) is 12.2. The van der Waals surface area contributed by atoms with Crippen molar-refractivity contribution in [2.24, 2.45) is 0 Å². The third kappa shape index (κ3) is 5.24. The summed E-state index contributed by atoms with van der Waals surface area (Å²) in [7, 11) is -2.12. The van der Waals surface area contributed by atoms with Crippen LogP contribution < -0.4 is 10.0 Å². The highest BCUT2D eigenvalue weighted by molar-refractivity contribution is 8.01. The average Bonchev–Trinajstić information content (AvgIpc) is 2.56. The van der Waals surface area contributed by atoms with Crippen LogP contribution in [0.1, 0.15) is 10.4 Å². The highest BCUT2D eigenvalue weighted by Gasteiger charge is 2.15. The summed E-state index contributed by atoms with van der Waals surface area (Å²) < 4.78 is 39.6. The normalized spacial score (nSPS) is 11.1. The lowest BCUT2D eigenvalue weighted by molar-refractivity contribution is 0.0964. The molecule has 2 aromatic carbocycles. The third-order valence-corrected chi connectivity index (χ3v) is 5.64. The smallest absolute Gasteiger partial charge is 0.253 e.